The number of hydrogen-bond donors (Lipinski definition) is 1. The van der Waals surface area contributed by atoms with Crippen molar-refractivity contribution < 1.29 is 4.74 Å². The first-order valence-electron chi connectivity index (χ1n) is 5.54. The fourth-order valence-corrected chi connectivity index (χ4v) is 1.31. The number of aryl methyl sites for hydroxylation is 1. The molecule has 0 aliphatic carbocycles. The van der Waals surface area contributed by atoms with Crippen LogP contribution >= 0.6 is 0 Å². The second kappa shape index (κ2) is 7.37. The average Bonchev–Trinajstić information content (AvgIpc) is 2.23. The Balaban J connectivity index is 2.10. The Morgan fingerprint density at radius 3 is 2.93 bits per heavy atom. The number of ether oxygens (including phenoxy) is 1. The standard InChI is InChI=1S/C12H20N2O/c1-3-8-15-9-7-13-10-12-6-4-5-11(2)14-12/h4-6,13H,3,7-10H2,1-2H3. The van der Waals surface area contributed by atoms with Gasteiger partial charge in [0.2, 0.25) is 0 Å². The van der Waals surface area contributed by atoms with Gasteiger partial charge in [-0.05, 0) is 25.5 Å². The summed E-state index contributed by atoms with van der Waals surface area (Å²) in [7, 11) is 0. The molecule has 0 saturated carbocycles. The SMILES string of the molecule is CCCOCCNCc1cccc(C)n1. The number of pyridine rings is 1. The van der Waals surface area contributed by atoms with E-state index in [0.717, 1.165) is 44.1 Å². The van der Waals surface area contributed by atoms with Gasteiger partial charge in [0.15, 0.2) is 0 Å². The molecule has 1 aromatic heterocycles. The molecule has 1 aromatic rings. The third-order valence-electron chi connectivity index (χ3n) is 2.02. The van der Waals surface area contributed by atoms with E-state index in [4.69, 9.17) is 4.74 Å². The van der Waals surface area contributed by atoms with Gasteiger partial charge < -0.3 is 10.1 Å². The summed E-state index contributed by atoms with van der Waals surface area (Å²) in [4.78, 5) is 4.40. The summed E-state index contributed by atoms with van der Waals surface area (Å²) >= 11 is 0. The molecule has 84 valence electrons. The minimum atomic E-state index is 0.777. The monoisotopic (exact) mass is 208 g/mol. The predicted molar refractivity (Wildman–Crippen MR) is 61.8 cm³/mol. The first-order chi connectivity index (χ1) is 7.33. The van der Waals surface area contributed by atoms with Crippen molar-refractivity contribution in [3.05, 3.63) is 29.6 Å². The third-order valence-corrected chi connectivity index (χ3v) is 2.02. The number of aromatic nitrogens is 1. The molecule has 0 spiro atoms. The normalized spacial score (nSPS) is 10.5. The Morgan fingerprint density at radius 2 is 2.20 bits per heavy atom. The van der Waals surface area contributed by atoms with Gasteiger partial charge in [0.1, 0.15) is 0 Å². The number of nitrogens with one attached hydrogen (secondary N) is 1. The van der Waals surface area contributed by atoms with E-state index >= 15 is 0 Å². The zero-order valence-electron chi connectivity index (χ0n) is 9.62. The van der Waals surface area contributed by atoms with Crippen LogP contribution in [-0.4, -0.2) is 24.7 Å². The molecule has 1 heterocycles. The van der Waals surface area contributed by atoms with Crippen LogP contribution in [0.1, 0.15) is 24.7 Å². The van der Waals surface area contributed by atoms with Crippen LogP contribution in [0.2, 0.25) is 0 Å². The maximum absolute atomic E-state index is 5.36. The lowest BCUT2D eigenvalue weighted by molar-refractivity contribution is 0.136. The molecule has 0 amide bonds. The fraction of sp³-hybridized carbons (Fsp3) is 0.583. The van der Waals surface area contributed by atoms with Crippen molar-refractivity contribution in [3.8, 4) is 0 Å². The zero-order valence-corrected chi connectivity index (χ0v) is 9.62. The molecule has 0 aromatic carbocycles. The van der Waals surface area contributed by atoms with E-state index in [1.165, 1.54) is 0 Å². The van der Waals surface area contributed by atoms with E-state index < -0.39 is 0 Å². The first-order valence-corrected chi connectivity index (χ1v) is 5.54. The van der Waals surface area contributed by atoms with Gasteiger partial charge in [-0.15, -0.1) is 0 Å². The predicted octanol–water partition coefficient (Wildman–Crippen LogP) is 1.91. The molecular formula is C12H20N2O. The van der Waals surface area contributed by atoms with Crippen LogP contribution in [-0.2, 0) is 11.3 Å². The van der Waals surface area contributed by atoms with E-state index in [-0.39, 0.29) is 0 Å². The summed E-state index contributed by atoms with van der Waals surface area (Å²) in [6, 6.07) is 6.08. The van der Waals surface area contributed by atoms with Crippen molar-refractivity contribution in [1.82, 2.24) is 10.3 Å². The number of hydrogen-bond acceptors (Lipinski definition) is 3. The highest BCUT2D eigenvalue weighted by molar-refractivity contribution is 5.09. The zero-order chi connectivity index (χ0) is 10.9. The minimum absolute atomic E-state index is 0.777. The minimum Gasteiger partial charge on any atom is -0.380 e. The van der Waals surface area contributed by atoms with Crippen LogP contribution in [0, 0.1) is 6.92 Å². The van der Waals surface area contributed by atoms with Gasteiger partial charge in [-0.25, -0.2) is 0 Å². The Labute approximate surface area is 91.9 Å². The Kier molecular flexibility index (Phi) is 5.97. The number of rotatable bonds is 7. The summed E-state index contributed by atoms with van der Waals surface area (Å²) in [5.74, 6) is 0. The summed E-state index contributed by atoms with van der Waals surface area (Å²) in [5, 5.41) is 3.30. The van der Waals surface area contributed by atoms with E-state index in [2.05, 4.69) is 17.2 Å². The largest absolute Gasteiger partial charge is 0.380 e. The van der Waals surface area contributed by atoms with Gasteiger partial charge in [0.25, 0.3) is 0 Å². The Morgan fingerprint density at radius 1 is 1.33 bits per heavy atom. The van der Waals surface area contributed by atoms with Gasteiger partial charge in [-0.1, -0.05) is 13.0 Å². The molecule has 0 radical (unpaired) electrons. The lowest BCUT2D eigenvalue weighted by Crippen LogP contribution is -2.20. The molecule has 0 bridgehead atoms. The lowest BCUT2D eigenvalue weighted by atomic mass is 10.3. The summed E-state index contributed by atoms with van der Waals surface area (Å²) in [6.45, 7) is 7.45. The summed E-state index contributed by atoms with van der Waals surface area (Å²) in [6.07, 6.45) is 1.08. The molecule has 0 fully saturated rings. The highest BCUT2D eigenvalue weighted by Crippen LogP contribution is 1.96. The molecule has 15 heavy (non-hydrogen) atoms. The number of nitrogens with zero attached hydrogens (tertiary/aromatic N) is 1. The van der Waals surface area contributed by atoms with Crippen LogP contribution in [0.4, 0.5) is 0 Å². The van der Waals surface area contributed by atoms with E-state index in [1.54, 1.807) is 0 Å². The van der Waals surface area contributed by atoms with Gasteiger partial charge in [-0.3, -0.25) is 4.98 Å². The van der Waals surface area contributed by atoms with Crippen molar-refractivity contribution in [1.29, 1.82) is 0 Å². The van der Waals surface area contributed by atoms with E-state index in [9.17, 15) is 0 Å². The van der Waals surface area contributed by atoms with Crippen LogP contribution in [0.25, 0.3) is 0 Å². The van der Waals surface area contributed by atoms with Crippen molar-refractivity contribution in [3.63, 3.8) is 0 Å². The molecule has 0 saturated heterocycles. The molecule has 3 nitrogen and oxygen atoms in total. The maximum atomic E-state index is 5.36. The Bertz CT molecular complexity index is 276. The lowest BCUT2D eigenvalue weighted by Gasteiger charge is -2.05. The molecular weight excluding hydrogens is 188 g/mol. The third kappa shape index (κ3) is 5.50. The molecule has 0 unspecified atom stereocenters. The van der Waals surface area contributed by atoms with Crippen LogP contribution in [0.15, 0.2) is 18.2 Å². The Hall–Kier alpha value is -0.930. The summed E-state index contributed by atoms with van der Waals surface area (Å²) < 4.78 is 5.36. The van der Waals surface area contributed by atoms with Gasteiger partial charge in [0.05, 0.1) is 12.3 Å². The van der Waals surface area contributed by atoms with Gasteiger partial charge >= 0.3 is 0 Å². The van der Waals surface area contributed by atoms with Crippen LogP contribution < -0.4 is 5.32 Å². The second-order valence-corrected chi connectivity index (χ2v) is 3.56. The highest BCUT2D eigenvalue weighted by atomic mass is 16.5. The van der Waals surface area contributed by atoms with Crippen LogP contribution in [0.5, 0.6) is 0 Å². The van der Waals surface area contributed by atoms with E-state index in [0.29, 0.717) is 0 Å². The molecule has 0 aliphatic rings. The van der Waals surface area contributed by atoms with Crippen molar-refractivity contribution in [2.24, 2.45) is 0 Å². The van der Waals surface area contributed by atoms with Crippen molar-refractivity contribution >= 4 is 0 Å². The van der Waals surface area contributed by atoms with Crippen molar-refractivity contribution in [2.75, 3.05) is 19.8 Å². The van der Waals surface area contributed by atoms with Crippen molar-refractivity contribution in [2.45, 2.75) is 26.8 Å². The molecule has 1 N–H and O–H groups in total. The molecule has 3 heteroatoms. The molecule has 1 rings (SSSR count). The molecule has 0 aliphatic heterocycles. The average molecular weight is 208 g/mol. The fourth-order valence-electron chi connectivity index (χ4n) is 1.31. The highest BCUT2D eigenvalue weighted by Gasteiger charge is 1.94. The summed E-state index contributed by atoms with van der Waals surface area (Å²) in [5.41, 5.74) is 2.15. The van der Waals surface area contributed by atoms with E-state index in [1.807, 2.05) is 25.1 Å². The topological polar surface area (TPSA) is 34.1 Å². The van der Waals surface area contributed by atoms with Gasteiger partial charge in [-0.2, -0.15) is 0 Å². The van der Waals surface area contributed by atoms with Gasteiger partial charge in [0, 0.05) is 25.4 Å². The van der Waals surface area contributed by atoms with Crippen LogP contribution in [0.3, 0.4) is 0 Å². The first kappa shape index (κ1) is 12.1. The smallest absolute Gasteiger partial charge is 0.0591 e. The quantitative estimate of drug-likeness (QED) is 0.695. The molecule has 0 atom stereocenters. The maximum Gasteiger partial charge on any atom is 0.0591 e. The second-order valence-electron chi connectivity index (χ2n) is 3.56.